The summed E-state index contributed by atoms with van der Waals surface area (Å²) in [6.07, 6.45) is 2.41. The van der Waals surface area contributed by atoms with Gasteiger partial charge in [0.25, 0.3) is 0 Å². The first-order valence-corrected chi connectivity index (χ1v) is 7.74. The number of pyridine rings is 1. The van der Waals surface area contributed by atoms with Gasteiger partial charge in [0.1, 0.15) is 0 Å². The van der Waals surface area contributed by atoms with Crippen LogP contribution in [0.2, 0.25) is 0 Å². The van der Waals surface area contributed by atoms with E-state index in [0.29, 0.717) is 17.1 Å². The van der Waals surface area contributed by atoms with Gasteiger partial charge < -0.3 is 0 Å². The molecular formula is C18H16N4O. The average Bonchev–Trinajstić information content (AvgIpc) is 3.38. The van der Waals surface area contributed by atoms with Gasteiger partial charge in [-0.15, -0.1) is 0 Å². The summed E-state index contributed by atoms with van der Waals surface area (Å²) in [5.74, 6) is 0.630. The minimum absolute atomic E-state index is 0.0117. The number of imidazole rings is 1. The van der Waals surface area contributed by atoms with Crippen molar-refractivity contribution in [2.45, 2.75) is 19.4 Å². The molecule has 0 atom stereocenters. The molecule has 114 valence electrons. The maximum absolute atomic E-state index is 12.4. The highest BCUT2D eigenvalue weighted by molar-refractivity contribution is 5.76. The topological polar surface area (TPSA) is 63.6 Å². The molecule has 0 saturated heterocycles. The second kappa shape index (κ2) is 5.10. The lowest BCUT2D eigenvalue weighted by molar-refractivity contribution is 0.609. The van der Waals surface area contributed by atoms with Gasteiger partial charge in [-0.25, -0.2) is 9.78 Å². The lowest BCUT2D eigenvalue weighted by Crippen LogP contribution is -2.22. The summed E-state index contributed by atoms with van der Waals surface area (Å²) in [6, 6.07) is 13.4. The smallest absolute Gasteiger partial charge is 0.290 e. The van der Waals surface area contributed by atoms with Crippen LogP contribution in [0.15, 0.2) is 41.2 Å². The molecule has 0 radical (unpaired) electrons. The zero-order valence-electron chi connectivity index (χ0n) is 12.9. The van der Waals surface area contributed by atoms with Crippen molar-refractivity contribution < 1.29 is 0 Å². The third kappa shape index (κ3) is 2.33. The third-order valence-electron chi connectivity index (χ3n) is 4.41. The molecular weight excluding hydrogens is 288 g/mol. The molecule has 4 rings (SSSR count). The van der Waals surface area contributed by atoms with Crippen LogP contribution in [0.1, 0.15) is 18.4 Å². The van der Waals surface area contributed by atoms with Gasteiger partial charge in [0, 0.05) is 19.2 Å². The number of nitrogens with zero attached hydrogens (tertiary/aromatic N) is 4. The SMILES string of the molecule is Cn1c(=O)n(CC2CC2)c2ccc(-c3cccc(C#N)c3)nc21. The molecule has 3 aromatic rings. The Morgan fingerprint density at radius 3 is 2.87 bits per heavy atom. The third-order valence-corrected chi connectivity index (χ3v) is 4.41. The zero-order chi connectivity index (χ0) is 16.0. The van der Waals surface area contributed by atoms with Gasteiger partial charge in [0.15, 0.2) is 5.65 Å². The highest BCUT2D eigenvalue weighted by Crippen LogP contribution is 2.31. The van der Waals surface area contributed by atoms with E-state index in [0.717, 1.165) is 23.3 Å². The van der Waals surface area contributed by atoms with Gasteiger partial charge in [0.05, 0.1) is 22.8 Å². The molecule has 5 nitrogen and oxygen atoms in total. The van der Waals surface area contributed by atoms with Crippen LogP contribution in [-0.2, 0) is 13.6 Å². The Hall–Kier alpha value is -2.87. The fraction of sp³-hybridized carbons (Fsp3) is 0.278. The van der Waals surface area contributed by atoms with Crippen LogP contribution in [0.4, 0.5) is 0 Å². The molecule has 1 saturated carbocycles. The van der Waals surface area contributed by atoms with E-state index in [2.05, 4.69) is 11.1 Å². The average molecular weight is 304 g/mol. The van der Waals surface area contributed by atoms with E-state index >= 15 is 0 Å². The molecule has 1 aliphatic carbocycles. The predicted octanol–water partition coefficient (Wildman–Crippen LogP) is 2.68. The fourth-order valence-electron chi connectivity index (χ4n) is 2.92. The van der Waals surface area contributed by atoms with E-state index in [-0.39, 0.29) is 5.69 Å². The number of hydrogen-bond donors (Lipinski definition) is 0. The van der Waals surface area contributed by atoms with Crippen LogP contribution in [0.25, 0.3) is 22.4 Å². The lowest BCUT2D eigenvalue weighted by Gasteiger charge is -2.04. The summed E-state index contributed by atoms with van der Waals surface area (Å²) in [6.45, 7) is 0.779. The van der Waals surface area contributed by atoms with Crippen molar-refractivity contribution in [3.63, 3.8) is 0 Å². The van der Waals surface area contributed by atoms with Gasteiger partial charge in [-0.05, 0) is 43.0 Å². The molecule has 2 aromatic heterocycles. The molecule has 2 heterocycles. The van der Waals surface area contributed by atoms with Crippen LogP contribution in [0.3, 0.4) is 0 Å². The zero-order valence-corrected chi connectivity index (χ0v) is 12.9. The minimum atomic E-state index is -0.0117. The second-order valence-corrected chi connectivity index (χ2v) is 6.13. The van der Waals surface area contributed by atoms with E-state index in [9.17, 15) is 4.79 Å². The lowest BCUT2D eigenvalue weighted by atomic mass is 10.1. The van der Waals surface area contributed by atoms with Crippen molar-refractivity contribution in [2.75, 3.05) is 0 Å². The monoisotopic (exact) mass is 304 g/mol. The summed E-state index contributed by atoms with van der Waals surface area (Å²) in [5.41, 5.74) is 3.81. The molecule has 0 aliphatic heterocycles. The molecule has 1 aliphatic rings. The maximum Gasteiger partial charge on any atom is 0.330 e. The number of nitriles is 1. The largest absolute Gasteiger partial charge is 0.330 e. The normalized spacial score (nSPS) is 14.1. The predicted molar refractivity (Wildman–Crippen MR) is 87.8 cm³/mol. The summed E-state index contributed by atoms with van der Waals surface area (Å²) in [5, 5.41) is 9.04. The number of benzene rings is 1. The highest BCUT2D eigenvalue weighted by atomic mass is 16.1. The summed E-state index contributed by atoms with van der Waals surface area (Å²) in [7, 11) is 1.76. The van der Waals surface area contributed by atoms with Crippen molar-refractivity contribution in [2.24, 2.45) is 13.0 Å². The van der Waals surface area contributed by atoms with Crippen molar-refractivity contribution in [3.05, 3.63) is 52.4 Å². The number of hydrogen-bond acceptors (Lipinski definition) is 3. The Kier molecular flexibility index (Phi) is 3.05. The van der Waals surface area contributed by atoms with Crippen molar-refractivity contribution in [1.29, 1.82) is 5.26 Å². The summed E-state index contributed by atoms with van der Waals surface area (Å²) in [4.78, 5) is 17.1. The standard InChI is InChI=1S/C18H16N4O/c1-21-17-16(22(18(21)23)11-12-5-6-12)8-7-15(20-17)14-4-2-3-13(9-14)10-19/h2-4,7-9,12H,5-6,11H2,1H3. The van der Waals surface area contributed by atoms with Crippen LogP contribution < -0.4 is 5.69 Å². The quantitative estimate of drug-likeness (QED) is 0.747. The Morgan fingerprint density at radius 1 is 1.30 bits per heavy atom. The molecule has 5 heteroatoms. The van der Waals surface area contributed by atoms with Crippen molar-refractivity contribution in [1.82, 2.24) is 14.1 Å². The van der Waals surface area contributed by atoms with Crippen LogP contribution in [0, 0.1) is 17.2 Å². The first-order chi connectivity index (χ1) is 11.2. The molecule has 0 bridgehead atoms. The minimum Gasteiger partial charge on any atom is -0.290 e. The van der Waals surface area contributed by atoms with Gasteiger partial charge in [-0.2, -0.15) is 5.26 Å². The number of fused-ring (bicyclic) bond motifs is 1. The molecule has 0 unspecified atom stereocenters. The van der Waals surface area contributed by atoms with Gasteiger partial charge in [-0.3, -0.25) is 9.13 Å². The van der Waals surface area contributed by atoms with E-state index in [1.54, 1.807) is 17.7 Å². The molecule has 23 heavy (non-hydrogen) atoms. The van der Waals surface area contributed by atoms with E-state index in [1.807, 2.05) is 34.9 Å². The van der Waals surface area contributed by atoms with Crippen molar-refractivity contribution in [3.8, 4) is 17.3 Å². The molecule has 0 amide bonds. The fourth-order valence-corrected chi connectivity index (χ4v) is 2.92. The summed E-state index contributed by atoms with van der Waals surface area (Å²) < 4.78 is 3.44. The van der Waals surface area contributed by atoms with Crippen molar-refractivity contribution >= 4 is 11.2 Å². The Balaban J connectivity index is 1.86. The first kappa shape index (κ1) is 13.8. The van der Waals surface area contributed by atoms with Gasteiger partial charge >= 0.3 is 5.69 Å². The maximum atomic E-state index is 12.4. The second-order valence-electron chi connectivity index (χ2n) is 6.13. The Labute approximate surface area is 133 Å². The number of aromatic nitrogens is 3. The van der Waals surface area contributed by atoms with Crippen LogP contribution >= 0.6 is 0 Å². The molecule has 1 aromatic carbocycles. The first-order valence-electron chi connectivity index (χ1n) is 7.74. The summed E-state index contributed by atoms with van der Waals surface area (Å²) >= 11 is 0. The van der Waals surface area contributed by atoms with Gasteiger partial charge in [0.2, 0.25) is 0 Å². The van der Waals surface area contributed by atoms with Crippen LogP contribution in [0.5, 0.6) is 0 Å². The van der Waals surface area contributed by atoms with Gasteiger partial charge in [-0.1, -0.05) is 12.1 Å². The van der Waals surface area contributed by atoms with Crippen LogP contribution in [-0.4, -0.2) is 14.1 Å². The number of rotatable bonds is 3. The highest BCUT2D eigenvalue weighted by Gasteiger charge is 2.24. The van der Waals surface area contributed by atoms with E-state index < -0.39 is 0 Å². The Morgan fingerprint density at radius 2 is 2.13 bits per heavy atom. The van der Waals surface area contributed by atoms with E-state index in [1.165, 1.54) is 12.8 Å². The van der Waals surface area contributed by atoms with E-state index in [4.69, 9.17) is 5.26 Å². The number of aryl methyl sites for hydroxylation is 1. The Bertz CT molecular complexity index is 1000. The molecule has 1 fully saturated rings. The molecule has 0 spiro atoms. The molecule has 0 N–H and O–H groups in total.